The summed E-state index contributed by atoms with van der Waals surface area (Å²) in [6.45, 7) is 0.798. The SMILES string of the molecule is FC(F)(F)Cn1nc(CCc2ccccc2)nc1C[C@H]1CNCCO1. The lowest BCUT2D eigenvalue weighted by molar-refractivity contribution is -0.143. The lowest BCUT2D eigenvalue weighted by Crippen LogP contribution is -2.40. The Morgan fingerprint density at radius 3 is 2.68 bits per heavy atom. The first-order valence-corrected chi connectivity index (χ1v) is 8.35. The van der Waals surface area contributed by atoms with E-state index >= 15 is 0 Å². The number of hydrogen-bond acceptors (Lipinski definition) is 4. The molecule has 0 aliphatic carbocycles. The number of aryl methyl sites for hydroxylation is 2. The topological polar surface area (TPSA) is 52.0 Å². The average Bonchev–Trinajstić information content (AvgIpc) is 2.94. The monoisotopic (exact) mass is 354 g/mol. The molecule has 0 saturated carbocycles. The van der Waals surface area contributed by atoms with Gasteiger partial charge in [0.05, 0.1) is 12.7 Å². The molecule has 1 aliphatic heterocycles. The molecule has 8 heteroatoms. The minimum Gasteiger partial charge on any atom is -0.375 e. The van der Waals surface area contributed by atoms with E-state index in [2.05, 4.69) is 15.4 Å². The van der Waals surface area contributed by atoms with Crippen LogP contribution in [0.4, 0.5) is 13.2 Å². The number of benzene rings is 1. The molecule has 1 aliphatic rings. The van der Waals surface area contributed by atoms with E-state index in [1.807, 2.05) is 30.3 Å². The minimum absolute atomic E-state index is 0.174. The fourth-order valence-corrected chi connectivity index (χ4v) is 2.83. The Bertz CT molecular complexity index is 666. The number of hydrogen-bond donors (Lipinski definition) is 1. The van der Waals surface area contributed by atoms with Gasteiger partial charge in [-0.1, -0.05) is 30.3 Å². The van der Waals surface area contributed by atoms with E-state index in [0.717, 1.165) is 16.8 Å². The standard InChI is InChI=1S/C17H21F3N4O/c18-17(19,20)12-24-16(10-14-11-21-8-9-25-14)22-15(23-24)7-6-13-4-2-1-3-5-13/h1-5,14,21H,6-12H2/t14-/m0/s1. The Morgan fingerprint density at radius 2 is 2.00 bits per heavy atom. The highest BCUT2D eigenvalue weighted by atomic mass is 19.4. The van der Waals surface area contributed by atoms with Crippen LogP contribution >= 0.6 is 0 Å². The summed E-state index contributed by atoms with van der Waals surface area (Å²) in [4.78, 5) is 4.35. The normalized spacial score (nSPS) is 18.4. The van der Waals surface area contributed by atoms with E-state index < -0.39 is 12.7 Å². The largest absolute Gasteiger partial charge is 0.408 e. The molecule has 1 aromatic heterocycles. The first-order chi connectivity index (χ1) is 12.0. The molecule has 2 aromatic rings. The van der Waals surface area contributed by atoms with Gasteiger partial charge in [0.15, 0.2) is 5.82 Å². The first-order valence-electron chi connectivity index (χ1n) is 8.35. The zero-order chi connectivity index (χ0) is 17.7. The number of nitrogens with one attached hydrogen (secondary N) is 1. The van der Waals surface area contributed by atoms with Crippen molar-refractivity contribution in [1.82, 2.24) is 20.1 Å². The second kappa shape index (κ2) is 7.97. The molecule has 2 heterocycles. The van der Waals surface area contributed by atoms with Gasteiger partial charge in [-0.15, -0.1) is 0 Å². The molecule has 1 N–H and O–H groups in total. The quantitative estimate of drug-likeness (QED) is 0.864. The van der Waals surface area contributed by atoms with Crippen molar-refractivity contribution in [2.24, 2.45) is 0 Å². The zero-order valence-corrected chi connectivity index (χ0v) is 13.8. The van der Waals surface area contributed by atoms with Gasteiger partial charge in [0.1, 0.15) is 12.4 Å². The molecular formula is C17H21F3N4O. The molecule has 5 nitrogen and oxygen atoms in total. The summed E-state index contributed by atoms with van der Waals surface area (Å²) in [5.74, 6) is 0.765. The van der Waals surface area contributed by atoms with E-state index in [1.165, 1.54) is 0 Å². The highest BCUT2D eigenvalue weighted by Crippen LogP contribution is 2.19. The third-order valence-corrected chi connectivity index (χ3v) is 4.02. The van der Waals surface area contributed by atoms with Crippen LogP contribution in [0.3, 0.4) is 0 Å². The molecule has 25 heavy (non-hydrogen) atoms. The summed E-state index contributed by atoms with van der Waals surface area (Å²) in [6.07, 6.45) is -2.98. The summed E-state index contributed by atoms with van der Waals surface area (Å²) >= 11 is 0. The second-order valence-electron chi connectivity index (χ2n) is 6.10. The highest BCUT2D eigenvalue weighted by Gasteiger charge is 2.31. The van der Waals surface area contributed by atoms with Crippen LogP contribution in [0.15, 0.2) is 30.3 Å². The molecule has 3 rings (SSSR count). The fraction of sp³-hybridized carbons (Fsp3) is 0.529. The summed E-state index contributed by atoms with van der Waals surface area (Å²) < 4.78 is 45.0. The molecule has 0 spiro atoms. The van der Waals surface area contributed by atoms with Crippen LogP contribution in [0, 0.1) is 0 Å². The highest BCUT2D eigenvalue weighted by molar-refractivity contribution is 5.15. The Kier molecular flexibility index (Phi) is 5.70. The second-order valence-corrected chi connectivity index (χ2v) is 6.10. The maximum atomic E-state index is 12.8. The van der Waals surface area contributed by atoms with Gasteiger partial charge in [-0.3, -0.25) is 0 Å². The van der Waals surface area contributed by atoms with Gasteiger partial charge in [-0.25, -0.2) is 9.67 Å². The number of aromatic nitrogens is 3. The van der Waals surface area contributed by atoms with E-state index in [1.54, 1.807) is 0 Å². The van der Waals surface area contributed by atoms with Crippen LogP contribution in [0.2, 0.25) is 0 Å². The molecule has 1 atom stereocenters. The van der Waals surface area contributed by atoms with Gasteiger partial charge < -0.3 is 10.1 Å². The molecule has 0 bridgehead atoms. The van der Waals surface area contributed by atoms with Crippen molar-refractivity contribution in [3.63, 3.8) is 0 Å². The summed E-state index contributed by atoms with van der Waals surface area (Å²) in [7, 11) is 0. The average molecular weight is 354 g/mol. The van der Waals surface area contributed by atoms with Gasteiger partial charge in [0.2, 0.25) is 0 Å². The Labute approximate surface area is 144 Å². The number of alkyl halides is 3. The molecule has 0 radical (unpaired) electrons. The number of halogens is 3. The molecule has 136 valence electrons. The smallest absolute Gasteiger partial charge is 0.375 e. The van der Waals surface area contributed by atoms with E-state index in [9.17, 15) is 13.2 Å². The zero-order valence-electron chi connectivity index (χ0n) is 13.8. The molecule has 0 unspecified atom stereocenters. The number of ether oxygens (including phenoxy) is 1. The van der Waals surface area contributed by atoms with Gasteiger partial charge >= 0.3 is 6.18 Å². The van der Waals surface area contributed by atoms with Crippen molar-refractivity contribution < 1.29 is 17.9 Å². The minimum atomic E-state index is -4.33. The predicted octanol–water partition coefficient (Wildman–Crippen LogP) is 2.16. The predicted molar refractivity (Wildman–Crippen MR) is 86.2 cm³/mol. The van der Waals surface area contributed by atoms with E-state index in [4.69, 9.17) is 4.74 Å². The van der Waals surface area contributed by atoms with E-state index in [0.29, 0.717) is 44.1 Å². The third-order valence-electron chi connectivity index (χ3n) is 4.02. The fourth-order valence-electron chi connectivity index (χ4n) is 2.83. The van der Waals surface area contributed by atoms with Crippen LogP contribution in [0.1, 0.15) is 17.2 Å². The van der Waals surface area contributed by atoms with Crippen molar-refractivity contribution in [1.29, 1.82) is 0 Å². The van der Waals surface area contributed by atoms with Crippen molar-refractivity contribution in [3.05, 3.63) is 47.5 Å². The van der Waals surface area contributed by atoms with E-state index in [-0.39, 0.29) is 6.10 Å². The maximum absolute atomic E-state index is 12.8. The number of morpholine rings is 1. The molecule has 0 amide bonds. The van der Waals surface area contributed by atoms with Gasteiger partial charge in [-0.2, -0.15) is 18.3 Å². The van der Waals surface area contributed by atoms with Crippen molar-refractivity contribution in [2.75, 3.05) is 19.7 Å². The molecule has 1 fully saturated rings. The van der Waals surface area contributed by atoms with Crippen LogP contribution in [-0.2, 0) is 30.5 Å². The van der Waals surface area contributed by atoms with Crippen molar-refractivity contribution >= 4 is 0 Å². The van der Waals surface area contributed by atoms with Gasteiger partial charge in [-0.05, 0) is 12.0 Å². The molecule has 1 saturated heterocycles. The van der Waals surface area contributed by atoms with Crippen LogP contribution < -0.4 is 5.32 Å². The summed E-state index contributed by atoms with van der Waals surface area (Å²) in [5, 5.41) is 7.26. The first kappa shape index (κ1) is 17.9. The molecule has 1 aromatic carbocycles. The summed E-state index contributed by atoms with van der Waals surface area (Å²) in [5.41, 5.74) is 1.11. The van der Waals surface area contributed by atoms with Crippen molar-refractivity contribution in [3.8, 4) is 0 Å². The number of rotatable bonds is 6. The number of nitrogens with zero attached hydrogens (tertiary/aromatic N) is 3. The van der Waals surface area contributed by atoms with Crippen LogP contribution in [-0.4, -0.2) is 46.7 Å². The van der Waals surface area contributed by atoms with Crippen LogP contribution in [0.5, 0.6) is 0 Å². The van der Waals surface area contributed by atoms with Gasteiger partial charge in [0.25, 0.3) is 0 Å². The Balaban J connectivity index is 1.71. The Hall–Kier alpha value is -1.93. The third kappa shape index (κ3) is 5.54. The van der Waals surface area contributed by atoms with Gasteiger partial charge in [0, 0.05) is 25.9 Å². The lowest BCUT2D eigenvalue weighted by atomic mass is 10.1. The summed E-state index contributed by atoms with van der Waals surface area (Å²) in [6, 6.07) is 9.76. The maximum Gasteiger partial charge on any atom is 0.408 e. The van der Waals surface area contributed by atoms with Crippen molar-refractivity contribution in [2.45, 2.75) is 38.1 Å². The lowest BCUT2D eigenvalue weighted by Gasteiger charge is -2.23. The van der Waals surface area contributed by atoms with Crippen LogP contribution in [0.25, 0.3) is 0 Å². The Morgan fingerprint density at radius 1 is 1.20 bits per heavy atom. The molecular weight excluding hydrogens is 333 g/mol.